The molecule has 0 spiro atoms. The predicted octanol–water partition coefficient (Wildman–Crippen LogP) is 6.19. The molecule has 0 saturated heterocycles. The molecule has 3 rings (SSSR count). The number of hydrogen-bond acceptors (Lipinski definition) is 2. The Morgan fingerprint density at radius 3 is 1.69 bits per heavy atom. The van der Waals surface area contributed by atoms with E-state index >= 15 is 0 Å². The van der Waals surface area contributed by atoms with Gasteiger partial charge in [-0.15, -0.1) is 0 Å². The van der Waals surface area contributed by atoms with Crippen molar-refractivity contribution in [3.63, 3.8) is 0 Å². The lowest BCUT2D eigenvalue weighted by Gasteiger charge is -2.31. The highest BCUT2D eigenvalue weighted by Crippen LogP contribution is 2.56. The minimum Gasteiger partial charge on any atom is -0.453 e. The summed E-state index contributed by atoms with van der Waals surface area (Å²) in [7, 11) is -0.888. The zero-order valence-electron chi connectivity index (χ0n) is 19.4. The van der Waals surface area contributed by atoms with Crippen LogP contribution in [0, 0.1) is 42.7 Å². The van der Waals surface area contributed by atoms with Gasteiger partial charge in [0.1, 0.15) is 12.0 Å². The van der Waals surface area contributed by atoms with Crippen LogP contribution in [-0.2, 0) is 9.53 Å². The first kappa shape index (κ1) is 24.5. The van der Waals surface area contributed by atoms with Gasteiger partial charge < -0.3 is 4.74 Å². The van der Waals surface area contributed by atoms with Crippen LogP contribution in [-0.4, -0.2) is 12.1 Å². The van der Waals surface area contributed by atoms with Gasteiger partial charge in [-0.1, -0.05) is 102 Å². The lowest BCUT2D eigenvalue weighted by Crippen LogP contribution is -2.31. The average molecular weight is 444 g/mol. The molecule has 0 bridgehead atoms. The minimum atomic E-state index is -0.888. The Balaban J connectivity index is 1.90. The first-order valence-electron chi connectivity index (χ1n) is 11.1. The molecule has 165 valence electrons. The van der Waals surface area contributed by atoms with E-state index in [4.69, 9.17) is 4.74 Å². The predicted molar refractivity (Wildman–Crippen MR) is 136 cm³/mol. The van der Waals surface area contributed by atoms with Gasteiger partial charge in [0.15, 0.2) is 0 Å². The van der Waals surface area contributed by atoms with Crippen LogP contribution in [0.2, 0.25) is 0 Å². The van der Waals surface area contributed by atoms with E-state index in [9.17, 15) is 4.79 Å². The molecule has 0 amide bonds. The average Bonchev–Trinajstić information content (AvgIpc) is 3.27. The number of rotatable bonds is 9. The summed E-state index contributed by atoms with van der Waals surface area (Å²) in [6.07, 6.45) is 5.36. The van der Waals surface area contributed by atoms with E-state index in [1.165, 1.54) is 10.6 Å². The number of carbonyl (C=O) groups is 1. The van der Waals surface area contributed by atoms with Crippen LogP contribution in [0.15, 0.2) is 85.0 Å². The summed E-state index contributed by atoms with van der Waals surface area (Å²) >= 11 is 0. The zero-order chi connectivity index (χ0) is 23.3. The molecule has 0 aliphatic heterocycles. The maximum atomic E-state index is 13.5. The molecule has 2 nitrogen and oxygen atoms in total. The van der Waals surface area contributed by atoms with Crippen molar-refractivity contribution in [3.8, 4) is 0 Å². The molecular formula is C29H32O2P. The Labute approximate surface area is 195 Å². The smallest absolute Gasteiger partial charge is 0.315 e. The van der Waals surface area contributed by atoms with Gasteiger partial charge in [-0.05, 0) is 60.8 Å². The van der Waals surface area contributed by atoms with Gasteiger partial charge in [0.25, 0.3) is 0 Å². The molecule has 0 aromatic heterocycles. The van der Waals surface area contributed by atoms with Crippen molar-refractivity contribution in [1.82, 2.24) is 0 Å². The number of benzene rings is 2. The largest absolute Gasteiger partial charge is 0.453 e. The molecule has 2 aromatic carbocycles. The van der Waals surface area contributed by atoms with Crippen molar-refractivity contribution in [2.75, 3.05) is 0 Å². The van der Waals surface area contributed by atoms with Crippen LogP contribution in [0.3, 0.4) is 0 Å². The summed E-state index contributed by atoms with van der Waals surface area (Å²) in [5.41, 5.74) is 2.75. The maximum Gasteiger partial charge on any atom is 0.315 e. The Morgan fingerprint density at radius 1 is 0.781 bits per heavy atom. The normalized spacial score (nSPS) is 15.1. The lowest BCUT2D eigenvalue weighted by molar-refractivity contribution is -0.143. The number of ether oxygens (including phenoxy) is 1. The first-order chi connectivity index (χ1) is 15.3. The summed E-state index contributed by atoms with van der Waals surface area (Å²) < 4.78 is 6.08. The van der Waals surface area contributed by atoms with E-state index in [0.717, 1.165) is 16.8 Å². The number of carbonyl (C=O) groups excluding carboxylic acids is 1. The number of esters is 1. The Morgan fingerprint density at radius 2 is 1.25 bits per heavy atom. The van der Waals surface area contributed by atoms with Gasteiger partial charge in [-0.3, -0.25) is 4.79 Å². The standard InChI is InChI=1S/C29H32O2P/c1-20(2)22(5)28(23(6)21(3)4)31-29(30)26-18-13-19-27(26)32(24-14-9-7-10-15-24)25-16-11-8-12-17-25/h7-21,28H,5-6H2,1-4H3. The van der Waals surface area contributed by atoms with Gasteiger partial charge in [-0.25, -0.2) is 0 Å². The molecule has 5 radical (unpaired) electrons. The van der Waals surface area contributed by atoms with E-state index < -0.39 is 14.0 Å². The third-order valence-electron chi connectivity index (χ3n) is 5.66. The molecule has 1 aliphatic carbocycles. The quantitative estimate of drug-likeness (QED) is 0.262. The molecule has 1 fully saturated rings. The summed E-state index contributed by atoms with van der Waals surface area (Å²) in [6.45, 7) is 16.7. The van der Waals surface area contributed by atoms with Crippen LogP contribution in [0.5, 0.6) is 0 Å². The fourth-order valence-electron chi connectivity index (χ4n) is 3.53. The second-order valence-corrected chi connectivity index (χ2v) is 10.8. The Bertz CT molecular complexity index is 857. The van der Waals surface area contributed by atoms with Gasteiger partial charge in [-0.2, -0.15) is 0 Å². The summed E-state index contributed by atoms with van der Waals surface area (Å²) in [4.78, 5) is 13.5. The topological polar surface area (TPSA) is 26.3 Å². The van der Waals surface area contributed by atoms with Crippen molar-refractivity contribution in [1.29, 1.82) is 0 Å². The third-order valence-corrected chi connectivity index (χ3v) is 8.16. The van der Waals surface area contributed by atoms with Crippen LogP contribution < -0.4 is 10.6 Å². The molecular weight excluding hydrogens is 411 g/mol. The second-order valence-electron chi connectivity index (χ2n) is 8.58. The molecule has 1 saturated carbocycles. The summed E-state index contributed by atoms with van der Waals surface area (Å²) in [5.74, 6) is 0.668. The van der Waals surface area contributed by atoms with Gasteiger partial charge in [0, 0.05) is 5.66 Å². The van der Waals surface area contributed by atoms with Crippen LogP contribution in [0.1, 0.15) is 27.7 Å². The fraction of sp³-hybridized carbons (Fsp3) is 0.241. The Kier molecular flexibility index (Phi) is 8.49. The SMILES string of the molecule is C=C(C(C)C)C(OC(=O)[C]1[CH][CH][CH][C]1P(c1ccccc1)c1ccccc1)C(=C)C(C)C. The highest BCUT2D eigenvalue weighted by molar-refractivity contribution is 7.76. The van der Waals surface area contributed by atoms with E-state index in [2.05, 4.69) is 65.1 Å². The molecule has 0 heterocycles. The van der Waals surface area contributed by atoms with E-state index in [1.54, 1.807) is 0 Å². The number of hydrogen-bond donors (Lipinski definition) is 0. The van der Waals surface area contributed by atoms with E-state index in [0.29, 0.717) is 5.92 Å². The monoisotopic (exact) mass is 443 g/mol. The highest BCUT2D eigenvalue weighted by atomic mass is 31.1. The van der Waals surface area contributed by atoms with Gasteiger partial charge in [0.05, 0.1) is 0 Å². The molecule has 32 heavy (non-hydrogen) atoms. The van der Waals surface area contributed by atoms with Gasteiger partial charge in [0.2, 0.25) is 0 Å². The first-order valence-corrected chi connectivity index (χ1v) is 12.4. The van der Waals surface area contributed by atoms with Crippen molar-refractivity contribution in [2.45, 2.75) is 33.8 Å². The van der Waals surface area contributed by atoms with Crippen molar-refractivity contribution < 1.29 is 9.53 Å². The van der Waals surface area contributed by atoms with Gasteiger partial charge >= 0.3 is 5.97 Å². The van der Waals surface area contributed by atoms with E-state index in [-0.39, 0.29) is 17.8 Å². The van der Waals surface area contributed by atoms with Crippen molar-refractivity contribution in [2.24, 2.45) is 11.8 Å². The highest BCUT2D eigenvalue weighted by Gasteiger charge is 2.43. The van der Waals surface area contributed by atoms with Crippen LogP contribution in [0.4, 0.5) is 0 Å². The minimum absolute atomic E-state index is 0.188. The lowest BCUT2D eigenvalue weighted by atomic mass is 9.89. The van der Waals surface area contributed by atoms with Crippen LogP contribution >= 0.6 is 7.92 Å². The fourth-order valence-corrected chi connectivity index (χ4v) is 5.96. The molecule has 1 aliphatic rings. The van der Waals surface area contributed by atoms with E-state index in [1.807, 2.05) is 55.7 Å². The van der Waals surface area contributed by atoms with Crippen molar-refractivity contribution in [3.05, 3.63) is 116 Å². The molecule has 2 aromatic rings. The molecule has 0 unspecified atom stereocenters. The maximum absolute atomic E-state index is 13.5. The summed E-state index contributed by atoms with van der Waals surface area (Å²) in [5, 5.41) is 2.40. The summed E-state index contributed by atoms with van der Waals surface area (Å²) in [6, 6.07) is 20.7. The molecule has 0 atom stereocenters. The third kappa shape index (κ3) is 5.59. The van der Waals surface area contributed by atoms with Crippen molar-refractivity contribution >= 4 is 24.5 Å². The zero-order valence-corrected chi connectivity index (χ0v) is 20.3. The molecule has 0 N–H and O–H groups in total. The van der Waals surface area contributed by atoms with Crippen LogP contribution in [0.25, 0.3) is 0 Å². The second kappa shape index (κ2) is 11.1. The Hall–Kier alpha value is -2.18. The molecule has 3 heteroatoms.